The van der Waals surface area contributed by atoms with Gasteiger partial charge in [0.1, 0.15) is 0 Å². The monoisotopic (exact) mass is 719 g/mol. The number of hydrogen-bond acceptors (Lipinski definition) is 0. The maximum atomic E-state index is 2.69. The van der Waals surface area contributed by atoms with Crippen molar-refractivity contribution in [2.24, 2.45) is 0 Å². The number of quaternary nitrogens is 1. The zero-order valence-corrected chi connectivity index (χ0v) is 37.4. The average molecular weight is 719 g/mol. The van der Waals surface area contributed by atoms with E-state index in [1.54, 1.807) is 0 Å². The van der Waals surface area contributed by atoms with Crippen LogP contribution >= 0.6 is 0 Å². The fourth-order valence-corrected chi connectivity index (χ4v) is 8.75. The minimum Gasteiger partial charge on any atom is -0.324 e. The number of hydrogen-bond donors (Lipinski definition) is 0. The van der Waals surface area contributed by atoms with Gasteiger partial charge in [0.15, 0.2) is 0 Å². The molecule has 0 spiro atoms. The van der Waals surface area contributed by atoms with Crippen molar-refractivity contribution in [1.82, 2.24) is 0 Å². The lowest BCUT2D eigenvalue weighted by atomic mass is 9.84. The number of rotatable bonds is 44. The lowest BCUT2D eigenvalue weighted by Gasteiger charge is -2.47. The summed E-state index contributed by atoms with van der Waals surface area (Å²) in [4.78, 5) is 0. The molecule has 0 aromatic heterocycles. The zero-order chi connectivity index (χ0) is 37.4. The second-order valence-electron chi connectivity index (χ2n) is 18.5. The Balaban J connectivity index is 4.32. The maximum Gasteiger partial charge on any atom is 0.0959 e. The molecule has 0 unspecified atom stereocenters. The molecule has 0 amide bonds. The Bertz CT molecular complexity index is 609. The van der Waals surface area contributed by atoms with Crippen LogP contribution in [0, 0.1) is 0 Å². The van der Waals surface area contributed by atoms with Crippen molar-refractivity contribution in [3.8, 4) is 0 Å². The van der Waals surface area contributed by atoms with Crippen molar-refractivity contribution in [3.63, 3.8) is 0 Å². The molecular weight excluding hydrogens is 615 g/mol. The number of nitrogens with zero attached hydrogens (tertiary/aromatic N) is 1. The van der Waals surface area contributed by atoms with E-state index in [0.717, 1.165) is 0 Å². The van der Waals surface area contributed by atoms with E-state index in [4.69, 9.17) is 0 Å². The zero-order valence-electron chi connectivity index (χ0n) is 37.4. The fraction of sp³-hybridized carbons (Fsp3) is 1.00. The van der Waals surface area contributed by atoms with Gasteiger partial charge in [0.25, 0.3) is 0 Å². The summed E-state index contributed by atoms with van der Waals surface area (Å²) < 4.78 is 1.25. The van der Waals surface area contributed by atoms with Crippen molar-refractivity contribution in [2.75, 3.05) is 20.6 Å². The third-order valence-electron chi connectivity index (χ3n) is 13.2. The van der Waals surface area contributed by atoms with Gasteiger partial charge in [-0.1, -0.05) is 252 Å². The predicted molar refractivity (Wildman–Crippen MR) is 236 cm³/mol. The average Bonchev–Trinajstić information content (AvgIpc) is 3.12. The second-order valence-corrected chi connectivity index (χ2v) is 18.5. The van der Waals surface area contributed by atoms with E-state index in [0.29, 0.717) is 5.54 Å². The SMILES string of the molecule is CCCCCCCCCCCCCCCCCC[N+](C)(C)C(C)(CCCCCCCCCCCCCC)CCCCCCCCCCCCCC. The summed E-state index contributed by atoms with van der Waals surface area (Å²) in [6, 6.07) is 0. The minimum atomic E-state index is 0.451. The highest BCUT2D eigenvalue weighted by molar-refractivity contribution is 4.77. The Hall–Kier alpha value is -0.0400. The third kappa shape index (κ3) is 34.2. The van der Waals surface area contributed by atoms with Crippen molar-refractivity contribution >= 4 is 0 Å². The molecule has 0 aliphatic carbocycles. The molecule has 0 radical (unpaired) electrons. The second kappa shape index (κ2) is 39.6. The summed E-state index contributed by atoms with van der Waals surface area (Å²) in [6.07, 6.45) is 61.3. The van der Waals surface area contributed by atoms with Gasteiger partial charge in [0.2, 0.25) is 0 Å². The summed E-state index contributed by atoms with van der Waals surface area (Å²) in [5.74, 6) is 0. The van der Waals surface area contributed by atoms with E-state index >= 15 is 0 Å². The van der Waals surface area contributed by atoms with Crippen LogP contribution in [0.1, 0.15) is 297 Å². The van der Waals surface area contributed by atoms with Gasteiger partial charge < -0.3 is 4.48 Å². The van der Waals surface area contributed by atoms with Gasteiger partial charge in [-0.25, -0.2) is 0 Å². The molecule has 0 saturated heterocycles. The molecular formula is C50H104N+. The van der Waals surface area contributed by atoms with Crippen LogP contribution in [0.5, 0.6) is 0 Å². The van der Waals surface area contributed by atoms with Gasteiger partial charge in [0, 0.05) is 12.8 Å². The molecule has 0 rings (SSSR count). The summed E-state index contributed by atoms with van der Waals surface area (Å²) in [6.45, 7) is 11.0. The van der Waals surface area contributed by atoms with E-state index < -0.39 is 0 Å². The molecule has 308 valence electrons. The smallest absolute Gasteiger partial charge is 0.0959 e. The van der Waals surface area contributed by atoms with Crippen LogP contribution in [0.25, 0.3) is 0 Å². The standard InChI is InChI=1S/C50H104N/c1-7-10-13-16-19-22-25-28-29-30-31-34-37-40-43-46-49-51(5,6)50(4,47-44-41-38-35-32-26-23-20-17-14-11-8-2)48-45-42-39-36-33-27-24-21-18-15-12-9-3/h7-49H2,1-6H3/q+1. The molecule has 0 atom stereocenters. The Kier molecular flexibility index (Phi) is 39.6. The van der Waals surface area contributed by atoms with Gasteiger partial charge >= 0.3 is 0 Å². The molecule has 1 heteroatoms. The quantitative estimate of drug-likeness (QED) is 0.0435. The highest BCUT2D eigenvalue weighted by Crippen LogP contribution is 2.34. The van der Waals surface area contributed by atoms with Crippen LogP contribution in [0.3, 0.4) is 0 Å². The molecule has 0 saturated carbocycles. The van der Waals surface area contributed by atoms with Crippen LogP contribution in [0.4, 0.5) is 0 Å². The van der Waals surface area contributed by atoms with Gasteiger partial charge in [-0.05, 0) is 32.6 Å². The molecule has 1 nitrogen and oxygen atoms in total. The molecule has 0 aromatic rings. The van der Waals surface area contributed by atoms with Crippen molar-refractivity contribution < 1.29 is 4.48 Å². The van der Waals surface area contributed by atoms with Crippen molar-refractivity contribution in [3.05, 3.63) is 0 Å². The Morgan fingerprint density at radius 1 is 0.255 bits per heavy atom. The Morgan fingerprint density at radius 3 is 0.647 bits per heavy atom. The summed E-state index contributed by atoms with van der Waals surface area (Å²) in [7, 11) is 5.21. The Labute approximate surface area is 327 Å². The first-order valence-corrected chi connectivity index (χ1v) is 24.8. The fourth-order valence-electron chi connectivity index (χ4n) is 8.75. The molecule has 0 aliphatic heterocycles. The first-order chi connectivity index (χ1) is 24.9. The summed E-state index contributed by atoms with van der Waals surface area (Å²) >= 11 is 0. The largest absolute Gasteiger partial charge is 0.324 e. The van der Waals surface area contributed by atoms with Crippen LogP contribution < -0.4 is 0 Å². The third-order valence-corrected chi connectivity index (χ3v) is 13.2. The normalized spacial score (nSPS) is 12.4. The molecule has 0 fully saturated rings. The molecule has 0 aliphatic rings. The van der Waals surface area contributed by atoms with E-state index in [9.17, 15) is 0 Å². The predicted octanol–water partition coefficient (Wildman–Crippen LogP) is 18.3. The number of unbranched alkanes of at least 4 members (excludes halogenated alkanes) is 37. The lowest BCUT2D eigenvalue weighted by molar-refractivity contribution is -0.941. The summed E-state index contributed by atoms with van der Waals surface area (Å²) in [5, 5.41) is 0. The molecule has 0 aromatic carbocycles. The van der Waals surface area contributed by atoms with Gasteiger partial charge in [0.05, 0.1) is 26.2 Å². The van der Waals surface area contributed by atoms with E-state index in [1.165, 1.54) is 281 Å². The van der Waals surface area contributed by atoms with E-state index in [2.05, 4.69) is 41.8 Å². The lowest BCUT2D eigenvalue weighted by Crippen LogP contribution is -2.58. The van der Waals surface area contributed by atoms with Gasteiger partial charge in [-0.3, -0.25) is 0 Å². The van der Waals surface area contributed by atoms with Crippen molar-refractivity contribution in [2.45, 2.75) is 303 Å². The van der Waals surface area contributed by atoms with E-state index in [-0.39, 0.29) is 0 Å². The molecule has 0 heterocycles. The van der Waals surface area contributed by atoms with Crippen LogP contribution in [-0.2, 0) is 0 Å². The Morgan fingerprint density at radius 2 is 0.431 bits per heavy atom. The van der Waals surface area contributed by atoms with Gasteiger partial charge in [-0.15, -0.1) is 0 Å². The van der Waals surface area contributed by atoms with Crippen LogP contribution in [0.15, 0.2) is 0 Å². The first-order valence-electron chi connectivity index (χ1n) is 24.8. The van der Waals surface area contributed by atoms with Crippen LogP contribution in [0.2, 0.25) is 0 Å². The van der Waals surface area contributed by atoms with Gasteiger partial charge in [-0.2, -0.15) is 0 Å². The summed E-state index contributed by atoms with van der Waals surface area (Å²) in [5.41, 5.74) is 0.451. The molecule has 0 N–H and O–H groups in total. The topological polar surface area (TPSA) is 0 Å². The molecule has 0 bridgehead atoms. The minimum absolute atomic E-state index is 0.451. The first kappa shape index (κ1) is 51.0. The maximum absolute atomic E-state index is 2.69. The highest BCUT2D eigenvalue weighted by atomic mass is 15.4. The van der Waals surface area contributed by atoms with E-state index in [1.807, 2.05) is 0 Å². The van der Waals surface area contributed by atoms with Crippen molar-refractivity contribution in [1.29, 1.82) is 0 Å². The van der Waals surface area contributed by atoms with Crippen LogP contribution in [-0.4, -0.2) is 30.7 Å². The molecule has 51 heavy (non-hydrogen) atoms. The highest BCUT2D eigenvalue weighted by Gasteiger charge is 2.39.